The van der Waals surface area contributed by atoms with Gasteiger partial charge in [0.15, 0.2) is 5.69 Å². The number of carboxylic acids is 1. The Morgan fingerprint density at radius 1 is 1.64 bits per heavy atom. The average Bonchev–Trinajstić information content (AvgIpc) is 2.05. The molecule has 1 aromatic rings. The molecule has 0 aliphatic heterocycles. The van der Waals surface area contributed by atoms with Crippen molar-refractivity contribution < 1.29 is 9.90 Å². The molecule has 1 N–H and O–H groups in total. The maximum absolute atomic E-state index is 10.4. The molecule has 0 atom stereocenters. The third-order valence-electron chi connectivity index (χ3n) is 1.07. The number of hydrogen-bond donors (Lipinski definition) is 1. The summed E-state index contributed by atoms with van der Waals surface area (Å²) >= 11 is 1.39. The van der Waals surface area contributed by atoms with Crippen molar-refractivity contribution in [1.82, 2.24) is 9.97 Å². The SMILES string of the molecule is CSc1cc(C(=O)O)ncn1. The topological polar surface area (TPSA) is 63.1 Å². The fourth-order valence-electron chi connectivity index (χ4n) is 0.568. The predicted molar refractivity (Wildman–Crippen MR) is 40.8 cm³/mol. The Labute approximate surface area is 67.7 Å². The molecule has 1 heterocycles. The van der Waals surface area contributed by atoms with Gasteiger partial charge in [0.1, 0.15) is 6.33 Å². The van der Waals surface area contributed by atoms with E-state index in [2.05, 4.69) is 9.97 Å². The first kappa shape index (κ1) is 8.00. The minimum atomic E-state index is -1.03. The quantitative estimate of drug-likeness (QED) is 0.527. The van der Waals surface area contributed by atoms with E-state index in [4.69, 9.17) is 5.11 Å². The molecule has 0 saturated carbocycles. The first-order chi connectivity index (χ1) is 5.24. The van der Waals surface area contributed by atoms with E-state index in [1.165, 1.54) is 24.2 Å². The zero-order chi connectivity index (χ0) is 8.27. The van der Waals surface area contributed by atoms with Crippen LogP contribution in [-0.4, -0.2) is 27.3 Å². The maximum Gasteiger partial charge on any atom is 0.354 e. The van der Waals surface area contributed by atoms with Crippen LogP contribution in [0.5, 0.6) is 0 Å². The standard InChI is InChI=1S/C6H6N2O2S/c1-11-5-2-4(6(9)10)7-3-8-5/h2-3H,1H3,(H,9,10). The minimum absolute atomic E-state index is 0.0318. The highest BCUT2D eigenvalue weighted by atomic mass is 32.2. The van der Waals surface area contributed by atoms with Crippen LogP contribution in [0.1, 0.15) is 10.5 Å². The summed E-state index contributed by atoms with van der Waals surface area (Å²) in [5.74, 6) is -1.03. The summed E-state index contributed by atoms with van der Waals surface area (Å²) in [5.41, 5.74) is 0.0318. The second-order valence-electron chi connectivity index (χ2n) is 1.75. The van der Waals surface area contributed by atoms with Crippen molar-refractivity contribution >= 4 is 17.7 Å². The van der Waals surface area contributed by atoms with Gasteiger partial charge in [-0.2, -0.15) is 0 Å². The van der Waals surface area contributed by atoms with Crippen molar-refractivity contribution in [3.8, 4) is 0 Å². The van der Waals surface area contributed by atoms with Crippen molar-refractivity contribution in [2.24, 2.45) is 0 Å². The highest BCUT2D eigenvalue weighted by Crippen LogP contribution is 2.10. The number of hydrogen-bond acceptors (Lipinski definition) is 4. The monoisotopic (exact) mass is 170 g/mol. The molecule has 5 heteroatoms. The molecule has 0 aliphatic carbocycles. The summed E-state index contributed by atoms with van der Waals surface area (Å²) in [5, 5.41) is 9.17. The number of rotatable bonds is 2. The van der Waals surface area contributed by atoms with Crippen LogP contribution in [0.3, 0.4) is 0 Å². The van der Waals surface area contributed by atoms with Gasteiger partial charge in [-0.25, -0.2) is 14.8 Å². The van der Waals surface area contributed by atoms with Gasteiger partial charge >= 0.3 is 5.97 Å². The lowest BCUT2D eigenvalue weighted by Crippen LogP contribution is -2.00. The second kappa shape index (κ2) is 3.34. The van der Waals surface area contributed by atoms with E-state index in [0.29, 0.717) is 5.03 Å². The summed E-state index contributed by atoms with van der Waals surface area (Å²) in [6, 6.07) is 1.44. The molecule has 4 nitrogen and oxygen atoms in total. The van der Waals surface area contributed by atoms with Crippen molar-refractivity contribution in [2.75, 3.05) is 6.26 Å². The van der Waals surface area contributed by atoms with Gasteiger partial charge in [-0.05, 0) is 6.26 Å². The summed E-state index contributed by atoms with van der Waals surface area (Å²) in [4.78, 5) is 17.8. The van der Waals surface area contributed by atoms with Crippen LogP contribution in [0.2, 0.25) is 0 Å². The Morgan fingerprint density at radius 3 is 2.91 bits per heavy atom. The second-order valence-corrected chi connectivity index (χ2v) is 2.58. The summed E-state index contributed by atoms with van der Waals surface area (Å²) < 4.78 is 0. The van der Waals surface area contributed by atoms with Gasteiger partial charge in [0, 0.05) is 6.07 Å². The third-order valence-corrected chi connectivity index (χ3v) is 1.71. The molecule has 0 fully saturated rings. The number of aromatic carboxylic acids is 1. The molecule has 58 valence electrons. The molecule has 0 amide bonds. The van der Waals surface area contributed by atoms with Crippen LogP contribution in [-0.2, 0) is 0 Å². The molecule has 0 spiro atoms. The van der Waals surface area contributed by atoms with E-state index in [0.717, 1.165) is 0 Å². The molecule has 0 saturated heterocycles. The third kappa shape index (κ3) is 1.91. The first-order valence-electron chi connectivity index (χ1n) is 2.83. The first-order valence-corrected chi connectivity index (χ1v) is 4.06. The van der Waals surface area contributed by atoms with E-state index < -0.39 is 5.97 Å². The van der Waals surface area contributed by atoms with Crippen molar-refractivity contribution in [2.45, 2.75) is 5.03 Å². The van der Waals surface area contributed by atoms with Crippen LogP contribution in [0, 0.1) is 0 Å². The number of carboxylic acid groups (broad SMARTS) is 1. The van der Waals surface area contributed by atoms with E-state index in [1.807, 2.05) is 6.26 Å². The zero-order valence-corrected chi connectivity index (χ0v) is 6.63. The average molecular weight is 170 g/mol. The molecular weight excluding hydrogens is 164 g/mol. The number of thioether (sulfide) groups is 1. The van der Waals surface area contributed by atoms with Crippen molar-refractivity contribution in [3.05, 3.63) is 18.1 Å². The highest BCUT2D eigenvalue weighted by molar-refractivity contribution is 7.98. The van der Waals surface area contributed by atoms with Crippen molar-refractivity contribution in [3.63, 3.8) is 0 Å². The maximum atomic E-state index is 10.4. The molecule has 1 rings (SSSR count). The minimum Gasteiger partial charge on any atom is -0.477 e. The Kier molecular flexibility index (Phi) is 2.43. The fourth-order valence-corrected chi connectivity index (χ4v) is 0.950. The summed E-state index contributed by atoms with van der Waals surface area (Å²) in [7, 11) is 0. The fraction of sp³-hybridized carbons (Fsp3) is 0.167. The van der Waals surface area contributed by atoms with E-state index in [9.17, 15) is 4.79 Å². The lowest BCUT2D eigenvalue weighted by molar-refractivity contribution is 0.0690. The molecule has 0 aliphatic rings. The van der Waals surface area contributed by atoms with Crippen molar-refractivity contribution in [1.29, 1.82) is 0 Å². The lowest BCUT2D eigenvalue weighted by Gasteiger charge is -1.94. The molecule has 0 unspecified atom stereocenters. The highest BCUT2D eigenvalue weighted by Gasteiger charge is 2.04. The lowest BCUT2D eigenvalue weighted by atomic mass is 10.4. The Morgan fingerprint density at radius 2 is 2.36 bits per heavy atom. The van der Waals surface area contributed by atoms with E-state index >= 15 is 0 Å². The molecule has 1 aromatic heterocycles. The van der Waals surface area contributed by atoms with Gasteiger partial charge in [0.2, 0.25) is 0 Å². The normalized spacial score (nSPS) is 9.55. The number of aromatic nitrogens is 2. The van der Waals surface area contributed by atoms with Gasteiger partial charge in [-0.1, -0.05) is 0 Å². The van der Waals surface area contributed by atoms with Crippen LogP contribution in [0.4, 0.5) is 0 Å². The van der Waals surface area contributed by atoms with Crippen LogP contribution in [0.25, 0.3) is 0 Å². The molecule has 0 radical (unpaired) electrons. The zero-order valence-electron chi connectivity index (χ0n) is 5.81. The van der Waals surface area contributed by atoms with Crippen LogP contribution >= 0.6 is 11.8 Å². The van der Waals surface area contributed by atoms with Crippen LogP contribution < -0.4 is 0 Å². The smallest absolute Gasteiger partial charge is 0.354 e. The Balaban J connectivity index is 3.01. The van der Waals surface area contributed by atoms with Gasteiger partial charge < -0.3 is 5.11 Å². The molecule has 0 aromatic carbocycles. The van der Waals surface area contributed by atoms with Gasteiger partial charge in [0.25, 0.3) is 0 Å². The predicted octanol–water partition coefficient (Wildman–Crippen LogP) is 0.897. The Hall–Kier alpha value is -1.10. The van der Waals surface area contributed by atoms with Crippen LogP contribution in [0.15, 0.2) is 17.4 Å². The van der Waals surface area contributed by atoms with Gasteiger partial charge in [0.05, 0.1) is 5.03 Å². The molecule has 11 heavy (non-hydrogen) atoms. The van der Waals surface area contributed by atoms with E-state index in [1.54, 1.807) is 0 Å². The molecular formula is C6H6N2O2S. The summed E-state index contributed by atoms with van der Waals surface area (Å²) in [6.07, 6.45) is 3.07. The number of nitrogens with zero attached hydrogens (tertiary/aromatic N) is 2. The summed E-state index contributed by atoms with van der Waals surface area (Å²) in [6.45, 7) is 0. The molecule has 0 bridgehead atoms. The number of carbonyl (C=O) groups is 1. The van der Waals surface area contributed by atoms with Gasteiger partial charge in [-0.15, -0.1) is 11.8 Å². The van der Waals surface area contributed by atoms with E-state index in [-0.39, 0.29) is 5.69 Å². The Bertz CT molecular complexity index is 277. The largest absolute Gasteiger partial charge is 0.477 e. The van der Waals surface area contributed by atoms with Gasteiger partial charge in [-0.3, -0.25) is 0 Å².